The van der Waals surface area contributed by atoms with Gasteiger partial charge in [-0.05, 0) is 17.7 Å². The fourth-order valence-electron chi connectivity index (χ4n) is 1.60. The molecule has 2 rings (SSSR count). The van der Waals surface area contributed by atoms with Crippen molar-refractivity contribution in [1.82, 2.24) is 14.8 Å². The van der Waals surface area contributed by atoms with Crippen LogP contribution in [0.2, 0.25) is 0 Å². The van der Waals surface area contributed by atoms with Gasteiger partial charge in [0.25, 0.3) is 0 Å². The molecule has 0 aliphatic heterocycles. The van der Waals surface area contributed by atoms with Crippen LogP contribution in [0.1, 0.15) is 11.4 Å². The highest BCUT2D eigenvalue weighted by atomic mass is 19.2. The highest BCUT2D eigenvalue weighted by Crippen LogP contribution is 2.10. The van der Waals surface area contributed by atoms with Gasteiger partial charge in [-0.25, -0.2) is 13.8 Å². The van der Waals surface area contributed by atoms with Crippen molar-refractivity contribution in [3.63, 3.8) is 0 Å². The van der Waals surface area contributed by atoms with Crippen LogP contribution in [0.3, 0.4) is 0 Å². The largest absolute Gasteiger partial charge is 0.299 e. The van der Waals surface area contributed by atoms with E-state index in [1.165, 1.54) is 17.1 Å². The number of Topliss-reactive ketones (excluding diaryl/α,β-unsaturated/α-hetero) is 1. The summed E-state index contributed by atoms with van der Waals surface area (Å²) in [6.45, 7) is 0. The van der Waals surface area contributed by atoms with Crippen molar-refractivity contribution >= 4 is 5.78 Å². The quantitative estimate of drug-likeness (QED) is 0.826. The second kappa shape index (κ2) is 5.03. The molecular weight excluding hydrogens is 240 g/mol. The molecule has 1 heterocycles. The van der Waals surface area contributed by atoms with E-state index in [4.69, 9.17) is 0 Å². The Hall–Kier alpha value is -2.11. The Kier molecular flexibility index (Phi) is 3.45. The average Bonchev–Trinajstić information content (AvgIpc) is 2.70. The summed E-state index contributed by atoms with van der Waals surface area (Å²) in [5, 5.41) is 3.85. The molecule has 0 atom stereocenters. The molecule has 4 nitrogen and oxygen atoms in total. The molecule has 0 spiro atoms. The lowest BCUT2D eigenvalue weighted by Crippen LogP contribution is -2.11. The van der Waals surface area contributed by atoms with E-state index in [2.05, 4.69) is 10.1 Å². The highest BCUT2D eigenvalue weighted by Gasteiger charge is 2.10. The van der Waals surface area contributed by atoms with Crippen LogP contribution in [0.4, 0.5) is 8.78 Å². The summed E-state index contributed by atoms with van der Waals surface area (Å²) in [7, 11) is 1.69. The molecule has 18 heavy (non-hydrogen) atoms. The second-order valence-corrected chi connectivity index (χ2v) is 3.94. The Morgan fingerprint density at radius 2 is 2.06 bits per heavy atom. The third kappa shape index (κ3) is 2.77. The predicted octanol–water partition coefficient (Wildman–Crippen LogP) is 1.45. The van der Waals surface area contributed by atoms with Crippen molar-refractivity contribution < 1.29 is 13.6 Å². The number of halogens is 2. The van der Waals surface area contributed by atoms with Gasteiger partial charge in [0.2, 0.25) is 0 Å². The van der Waals surface area contributed by atoms with Crippen LogP contribution < -0.4 is 0 Å². The minimum absolute atomic E-state index is 0.0457. The van der Waals surface area contributed by atoms with Crippen LogP contribution in [0, 0.1) is 11.6 Å². The first-order valence-electron chi connectivity index (χ1n) is 5.35. The van der Waals surface area contributed by atoms with Gasteiger partial charge >= 0.3 is 0 Å². The predicted molar refractivity (Wildman–Crippen MR) is 59.8 cm³/mol. The molecule has 0 N–H and O–H groups in total. The van der Waals surface area contributed by atoms with Crippen LogP contribution in [0.15, 0.2) is 24.5 Å². The van der Waals surface area contributed by atoms with E-state index in [1.807, 2.05) is 0 Å². The molecule has 1 aromatic carbocycles. The van der Waals surface area contributed by atoms with Gasteiger partial charge in [0, 0.05) is 13.5 Å². The molecule has 1 aromatic heterocycles. The lowest BCUT2D eigenvalue weighted by Gasteiger charge is -2.02. The summed E-state index contributed by atoms with van der Waals surface area (Å²) in [5.74, 6) is -1.45. The maximum Gasteiger partial charge on any atom is 0.159 e. The van der Waals surface area contributed by atoms with Gasteiger partial charge in [-0.1, -0.05) is 6.07 Å². The monoisotopic (exact) mass is 251 g/mol. The topological polar surface area (TPSA) is 47.8 Å². The van der Waals surface area contributed by atoms with Crippen LogP contribution >= 0.6 is 0 Å². The smallest absolute Gasteiger partial charge is 0.159 e. The van der Waals surface area contributed by atoms with Gasteiger partial charge in [0.05, 0.1) is 6.42 Å². The van der Waals surface area contributed by atoms with Gasteiger partial charge in [-0.15, -0.1) is 0 Å². The van der Waals surface area contributed by atoms with Crippen LogP contribution in [-0.4, -0.2) is 20.5 Å². The fourth-order valence-corrected chi connectivity index (χ4v) is 1.60. The number of nitrogens with zero attached hydrogens (tertiary/aromatic N) is 3. The van der Waals surface area contributed by atoms with Crippen LogP contribution in [-0.2, 0) is 24.7 Å². The molecule has 0 aliphatic rings. The van der Waals surface area contributed by atoms with Crippen molar-refractivity contribution in [2.45, 2.75) is 12.8 Å². The van der Waals surface area contributed by atoms with Gasteiger partial charge < -0.3 is 0 Å². The molecule has 0 amide bonds. The van der Waals surface area contributed by atoms with E-state index in [0.717, 1.165) is 12.1 Å². The summed E-state index contributed by atoms with van der Waals surface area (Å²) in [6, 6.07) is 3.44. The zero-order valence-electron chi connectivity index (χ0n) is 9.73. The number of carbonyl (C=O) groups excluding carboxylic acids is 1. The number of benzene rings is 1. The Labute approximate surface area is 102 Å². The number of hydrogen-bond acceptors (Lipinski definition) is 3. The highest BCUT2D eigenvalue weighted by molar-refractivity contribution is 5.82. The summed E-state index contributed by atoms with van der Waals surface area (Å²) in [4.78, 5) is 15.7. The van der Waals surface area contributed by atoms with Gasteiger partial charge in [0.1, 0.15) is 17.9 Å². The zero-order valence-corrected chi connectivity index (χ0v) is 9.73. The molecular formula is C12H11F2N3O. The number of aryl methyl sites for hydroxylation is 1. The Bertz CT molecular complexity index is 580. The van der Waals surface area contributed by atoms with E-state index in [9.17, 15) is 13.6 Å². The maximum atomic E-state index is 13.0. The van der Waals surface area contributed by atoms with Gasteiger partial charge in [-0.3, -0.25) is 9.48 Å². The summed E-state index contributed by atoms with van der Waals surface area (Å²) in [5.41, 5.74) is 0.445. The average molecular weight is 251 g/mol. The Morgan fingerprint density at radius 1 is 1.28 bits per heavy atom. The first-order valence-corrected chi connectivity index (χ1v) is 5.35. The number of hydrogen-bond donors (Lipinski definition) is 0. The van der Waals surface area contributed by atoms with Crippen LogP contribution in [0.25, 0.3) is 0 Å². The third-order valence-electron chi connectivity index (χ3n) is 2.55. The minimum Gasteiger partial charge on any atom is -0.299 e. The fraction of sp³-hybridized carbons (Fsp3) is 0.250. The van der Waals surface area contributed by atoms with E-state index < -0.39 is 11.6 Å². The molecule has 94 valence electrons. The lowest BCUT2D eigenvalue weighted by molar-refractivity contribution is -0.117. The minimum atomic E-state index is -0.945. The van der Waals surface area contributed by atoms with Crippen molar-refractivity contribution in [3.8, 4) is 0 Å². The normalized spacial score (nSPS) is 10.6. The van der Waals surface area contributed by atoms with Crippen molar-refractivity contribution in [2.24, 2.45) is 7.05 Å². The maximum absolute atomic E-state index is 13.0. The first-order chi connectivity index (χ1) is 8.56. The number of carbonyl (C=O) groups is 1. The lowest BCUT2D eigenvalue weighted by atomic mass is 10.1. The second-order valence-electron chi connectivity index (χ2n) is 3.94. The molecule has 0 saturated carbocycles. The Balaban J connectivity index is 2.03. The third-order valence-corrected chi connectivity index (χ3v) is 2.55. The SMILES string of the molecule is Cn1ncnc1CC(=O)Cc1ccc(F)c(F)c1. The summed E-state index contributed by atoms with van der Waals surface area (Å²) >= 11 is 0. The first kappa shape index (κ1) is 12.3. The van der Waals surface area contributed by atoms with Crippen molar-refractivity contribution in [2.75, 3.05) is 0 Å². The number of rotatable bonds is 4. The molecule has 6 heteroatoms. The van der Waals surface area contributed by atoms with Gasteiger partial charge in [0.15, 0.2) is 11.6 Å². The Morgan fingerprint density at radius 3 is 2.67 bits per heavy atom. The number of ketones is 1. The van der Waals surface area contributed by atoms with Gasteiger partial charge in [-0.2, -0.15) is 5.10 Å². The van der Waals surface area contributed by atoms with Crippen LogP contribution in [0.5, 0.6) is 0 Å². The zero-order chi connectivity index (χ0) is 13.1. The number of aromatic nitrogens is 3. The standard InChI is InChI=1S/C12H11F2N3O/c1-17-12(15-7-16-17)6-9(18)4-8-2-3-10(13)11(14)5-8/h2-3,5,7H,4,6H2,1H3. The molecule has 0 saturated heterocycles. The molecule has 2 aromatic rings. The molecule has 0 radical (unpaired) electrons. The van der Waals surface area contributed by atoms with Crippen molar-refractivity contribution in [3.05, 3.63) is 47.5 Å². The van der Waals surface area contributed by atoms with E-state index in [0.29, 0.717) is 11.4 Å². The molecule has 0 unspecified atom stereocenters. The molecule has 0 aliphatic carbocycles. The van der Waals surface area contributed by atoms with E-state index in [-0.39, 0.29) is 18.6 Å². The van der Waals surface area contributed by atoms with Crippen molar-refractivity contribution in [1.29, 1.82) is 0 Å². The molecule has 0 fully saturated rings. The molecule has 0 bridgehead atoms. The summed E-state index contributed by atoms with van der Waals surface area (Å²) in [6.07, 6.45) is 1.53. The summed E-state index contributed by atoms with van der Waals surface area (Å²) < 4.78 is 27.2. The van der Waals surface area contributed by atoms with E-state index >= 15 is 0 Å². The van der Waals surface area contributed by atoms with E-state index in [1.54, 1.807) is 7.05 Å².